The molecule has 1 amide bonds. The van der Waals surface area contributed by atoms with E-state index in [1.807, 2.05) is 26.0 Å². The van der Waals surface area contributed by atoms with Gasteiger partial charge in [-0.15, -0.1) is 0 Å². The SMILES string of the molecule is CCOc1cc(Br)c(CC(=O)Nc2cc3c(cc2Cl)OCCO3)cc1OCC. The molecule has 28 heavy (non-hydrogen) atoms. The molecule has 6 nitrogen and oxygen atoms in total. The molecule has 1 aliphatic heterocycles. The van der Waals surface area contributed by atoms with Crippen molar-refractivity contribution >= 4 is 39.1 Å². The maximum absolute atomic E-state index is 12.6. The van der Waals surface area contributed by atoms with Gasteiger partial charge >= 0.3 is 0 Å². The molecule has 2 aromatic rings. The van der Waals surface area contributed by atoms with Crippen molar-refractivity contribution in [3.05, 3.63) is 39.3 Å². The van der Waals surface area contributed by atoms with Gasteiger partial charge in [-0.2, -0.15) is 0 Å². The molecular formula is C20H21BrClNO5. The minimum absolute atomic E-state index is 0.137. The smallest absolute Gasteiger partial charge is 0.228 e. The summed E-state index contributed by atoms with van der Waals surface area (Å²) in [5.41, 5.74) is 1.25. The number of nitrogens with one attached hydrogen (secondary N) is 1. The van der Waals surface area contributed by atoms with Gasteiger partial charge in [0.15, 0.2) is 23.0 Å². The van der Waals surface area contributed by atoms with E-state index in [1.54, 1.807) is 12.1 Å². The molecule has 0 spiro atoms. The zero-order chi connectivity index (χ0) is 20.1. The highest BCUT2D eigenvalue weighted by Gasteiger charge is 2.18. The third kappa shape index (κ3) is 4.83. The first-order valence-corrected chi connectivity index (χ1v) is 10.2. The van der Waals surface area contributed by atoms with E-state index in [0.29, 0.717) is 60.1 Å². The molecule has 1 aliphatic rings. The van der Waals surface area contributed by atoms with Crippen molar-refractivity contribution in [3.63, 3.8) is 0 Å². The van der Waals surface area contributed by atoms with Crippen molar-refractivity contribution in [2.75, 3.05) is 31.7 Å². The summed E-state index contributed by atoms with van der Waals surface area (Å²) in [4.78, 5) is 12.6. The van der Waals surface area contributed by atoms with Crippen LogP contribution in [0.25, 0.3) is 0 Å². The molecular weight excluding hydrogens is 450 g/mol. The first kappa shape index (κ1) is 20.6. The summed E-state index contributed by atoms with van der Waals surface area (Å²) in [6, 6.07) is 6.94. The second kappa shape index (κ2) is 9.39. The highest BCUT2D eigenvalue weighted by atomic mass is 79.9. The fraction of sp³-hybridized carbons (Fsp3) is 0.350. The highest BCUT2D eigenvalue weighted by Crippen LogP contribution is 2.38. The minimum atomic E-state index is -0.217. The number of rotatable bonds is 7. The van der Waals surface area contributed by atoms with Crippen LogP contribution in [0.15, 0.2) is 28.7 Å². The molecule has 1 N–H and O–H groups in total. The van der Waals surface area contributed by atoms with Crippen molar-refractivity contribution in [3.8, 4) is 23.0 Å². The lowest BCUT2D eigenvalue weighted by Gasteiger charge is -2.20. The lowest BCUT2D eigenvalue weighted by atomic mass is 10.1. The van der Waals surface area contributed by atoms with Crippen LogP contribution in [0, 0.1) is 0 Å². The van der Waals surface area contributed by atoms with Gasteiger partial charge in [0, 0.05) is 16.6 Å². The molecule has 0 atom stereocenters. The largest absolute Gasteiger partial charge is 0.490 e. The van der Waals surface area contributed by atoms with Crippen molar-refractivity contribution < 1.29 is 23.7 Å². The molecule has 0 aliphatic carbocycles. The van der Waals surface area contributed by atoms with Gasteiger partial charge in [-0.1, -0.05) is 27.5 Å². The number of carbonyl (C=O) groups excluding carboxylic acids is 1. The zero-order valence-electron chi connectivity index (χ0n) is 15.6. The Balaban J connectivity index is 1.77. The average molecular weight is 471 g/mol. The maximum Gasteiger partial charge on any atom is 0.228 e. The molecule has 0 radical (unpaired) electrons. The fourth-order valence-electron chi connectivity index (χ4n) is 2.78. The van der Waals surface area contributed by atoms with Crippen LogP contribution < -0.4 is 24.3 Å². The van der Waals surface area contributed by atoms with E-state index in [4.69, 9.17) is 30.5 Å². The third-order valence-corrected chi connectivity index (χ3v) is 5.02. The summed E-state index contributed by atoms with van der Waals surface area (Å²) in [7, 11) is 0. The van der Waals surface area contributed by atoms with Crippen LogP contribution in [0.2, 0.25) is 5.02 Å². The molecule has 150 valence electrons. The molecule has 0 fully saturated rings. The number of ether oxygens (including phenoxy) is 4. The van der Waals surface area contributed by atoms with Gasteiger partial charge in [0.25, 0.3) is 0 Å². The van der Waals surface area contributed by atoms with Gasteiger partial charge in [-0.25, -0.2) is 0 Å². The summed E-state index contributed by atoms with van der Waals surface area (Å²) in [5, 5.41) is 3.22. The van der Waals surface area contributed by atoms with E-state index in [0.717, 1.165) is 10.0 Å². The van der Waals surface area contributed by atoms with Gasteiger partial charge in [0.2, 0.25) is 5.91 Å². The van der Waals surface area contributed by atoms with Crippen LogP contribution in [0.5, 0.6) is 23.0 Å². The fourth-order valence-corrected chi connectivity index (χ4v) is 3.44. The lowest BCUT2D eigenvalue weighted by molar-refractivity contribution is -0.115. The average Bonchev–Trinajstić information content (AvgIpc) is 2.66. The molecule has 0 saturated carbocycles. The summed E-state index contributed by atoms with van der Waals surface area (Å²) >= 11 is 9.77. The van der Waals surface area contributed by atoms with Crippen LogP contribution >= 0.6 is 27.5 Å². The van der Waals surface area contributed by atoms with Crippen LogP contribution in [0.1, 0.15) is 19.4 Å². The molecule has 0 aromatic heterocycles. The molecule has 3 rings (SSSR count). The van der Waals surface area contributed by atoms with E-state index in [9.17, 15) is 4.79 Å². The number of amides is 1. The third-order valence-electron chi connectivity index (χ3n) is 3.97. The Morgan fingerprint density at radius 3 is 2.32 bits per heavy atom. The van der Waals surface area contributed by atoms with E-state index in [1.165, 1.54) is 0 Å². The first-order valence-electron chi connectivity index (χ1n) is 8.98. The van der Waals surface area contributed by atoms with Crippen LogP contribution in [0.4, 0.5) is 5.69 Å². The van der Waals surface area contributed by atoms with Crippen molar-refractivity contribution in [1.29, 1.82) is 0 Å². The predicted octanol–water partition coefficient (Wildman–Crippen LogP) is 4.85. The van der Waals surface area contributed by atoms with E-state index >= 15 is 0 Å². The van der Waals surface area contributed by atoms with Crippen molar-refractivity contribution in [2.45, 2.75) is 20.3 Å². The second-order valence-corrected chi connectivity index (χ2v) is 7.22. The minimum Gasteiger partial charge on any atom is -0.490 e. The lowest BCUT2D eigenvalue weighted by Crippen LogP contribution is -2.18. The Kier molecular flexibility index (Phi) is 6.91. The van der Waals surface area contributed by atoms with Crippen LogP contribution in [0.3, 0.4) is 0 Å². The van der Waals surface area contributed by atoms with Gasteiger partial charge in [0.05, 0.1) is 30.3 Å². The van der Waals surface area contributed by atoms with E-state index in [-0.39, 0.29) is 12.3 Å². The molecule has 0 saturated heterocycles. The van der Waals surface area contributed by atoms with Gasteiger partial charge in [0.1, 0.15) is 13.2 Å². The normalized spacial score (nSPS) is 12.4. The standard InChI is InChI=1S/C20H21BrClNO5/c1-3-25-16-7-12(13(21)9-17(16)26-4-2)8-20(24)23-15-11-19-18(10-14(15)22)27-5-6-28-19/h7,9-11H,3-6,8H2,1-2H3,(H,23,24). The highest BCUT2D eigenvalue weighted by molar-refractivity contribution is 9.10. The maximum atomic E-state index is 12.6. The Bertz CT molecular complexity index is 874. The van der Waals surface area contributed by atoms with Crippen molar-refractivity contribution in [1.82, 2.24) is 0 Å². The number of hydrogen-bond acceptors (Lipinski definition) is 5. The van der Waals surface area contributed by atoms with E-state index < -0.39 is 0 Å². The number of anilines is 1. The Morgan fingerprint density at radius 2 is 1.68 bits per heavy atom. The number of halogens is 2. The molecule has 0 unspecified atom stereocenters. The van der Waals surface area contributed by atoms with Gasteiger partial charge < -0.3 is 24.3 Å². The number of fused-ring (bicyclic) bond motifs is 1. The summed E-state index contributed by atoms with van der Waals surface area (Å²) < 4.78 is 23.0. The van der Waals surface area contributed by atoms with E-state index in [2.05, 4.69) is 21.2 Å². The summed E-state index contributed by atoms with van der Waals surface area (Å²) in [5.74, 6) is 2.16. The number of benzene rings is 2. The topological polar surface area (TPSA) is 66.0 Å². The molecule has 0 bridgehead atoms. The Morgan fingerprint density at radius 1 is 1.07 bits per heavy atom. The molecule has 1 heterocycles. The summed E-state index contributed by atoms with van der Waals surface area (Å²) in [6.07, 6.45) is 0.137. The first-order chi connectivity index (χ1) is 13.5. The number of carbonyl (C=O) groups is 1. The van der Waals surface area contributed by atoms with Gasteiger partial charge in [-0.3, -0.25) is 4.79 Å². The quantitative estimate of drug-likeness (QED) is 0.626. The Labute approximate surface area is 177 Å². The van der Waals surface area contributed by atoms with Crippen molar-refractivity contribution in [2.24, 2.45) is 0 Å². The predicted molar refractivity (Wildman–Crippen MR) is 111 cm³/mol. The monoisotopic (exact) mass is 469 g/mol. The number of hydrogen-bond donors (Lipinski definition) is 1. The zero-order valence-corrected chi connectivity index (χ0v) is 18.0. The Hall–Kier alpha value is -2.12. The van der Waals surface area contributed by atoms with Crippen LogP contribution in [-0.4, -0.2) is 32.3 Å². The molecule has 2 aromatic carbocycles. The summed E-state index contributed by atoms with van der Waals surface area (Å²) in [6.45, 7) is 5.76. The van der Waals surface area contributed by atoms with Crippen LogP contribution in [-0.2, 0) is 11.2 Å². The molecule has 8 heteroatoms. The van der Waals surface area contributed by atoms with Gasteiger partial charge in [-0.05, 0) is 31.5 Å². The second-order valence-electron chi connectivity index (χ2n) is 5.96.